The lowest BCUT2D eigenvalue weighted by Gasteiger charge is -2.33. The Balaban J connectivity index is 1.53. The van der Waals surface area contributed by atoms with Crippen LogP contribution in [0.5, 0.6) is 5.75 Å². The Labute approximate surface area is 214 Å². The summed E-state index contributed by atoms with van der Waals surface area (Å²) in [5, 5.41) is 0.528. The zero-order valence-electron chi connectivity index (χ0n) is 20.1. The Bertz CT molecular complexity index is 1360. The quantitative estimate of drug-likeness (QED) is 0.380. The van der Waals surface area contributed by atoms with Crippen molar-refractivity contribution in [1.82, 2.24) is 4.90 Å². The summed E-state index contributed by atoms with van der Waals surface area (Å²) < 4.78 is 11.2. The lowest BCUT2D eigenvalue weighted by molar-refractivity contribution is 0.0526. The van der Waals surface area contributed by atoms with Gasteiger partial charge in [0.25, 0.3) is 0 Å². The first-order valence-electron chi connectivity index (χ1n) is 11.7. The van der Waals surface area contributed by atoms with Gasteiger partial charge in [0.05, 0.1) is 18.7 Å². The monoisotopic (exact) mass is 504 g/mol. The van der Waals surface area contributed by atoms with Crippen LogP contribution in [0, 0.1) is 0 Å². The molecular weight excluding hydrogens is 480 g/mol. The predicted molar refractivity (Wildman–Crippen MR) is 137 cm³/mol. The van der Waals surface area contributed by atoms with Gasteiger partial charge >= 0.3 is 5.97 Å². The van der Waals surface area contributed by atoms with Gasteiger partial charge in [0.15, 0.2) is 5.94 Å². The molecule has 1 aliphatic heterocycles. The van der Waals surface area contributed by atoms with Crippen molar-refractivity contribution in [1.29, 1.82) is 0 Å². The Hall–Kier alpha value is -3.89. The van der Waals surface area contributed by atoms with Gasteiger partial charge in [-0.15, -0.1) is 0 Å². The molecule has 184 valence electrons. The van der Waals surface area contributed by atoms with Gasteiger partial charge in [0.2, 0.25) is 0 Å². The number of esters is 1. The molecule has 4 rings (SSSR count). The van der Waals surface area contributed by atoms with Crippen molar-refractivity contribution in [3.8, 4) is 16.9 Å². The molecule has 0 radical (unpaired) electrons. The van der Waals surface area contributed by atoms with E-state index in [1.54, 1.807) is 48.2 Å². The molecule has 0 aromatic heterocycles. The molecular formula is C28H25ClN2O5. The Morgan fingerprint density at radius 3 is 2.72 bits per heavy atom. The molecule has 1 heterocycles. The zero-order valence-corrected chi connectivity index (χ0v) is 20.9. The predicted octanol–water partition coefficient (Wildman–Crippen LogP) is 5.21. The number of nitrogens with zero attached hydrogens (tertiary/aromatic N) is 2. The number of hydrogen-bond acceptors (Lipinski definition) is 7. The SMILES string of the molecule is CCOC(=O)c1cccc(-c2cc(Cl)ccc2OCCN2C(=C=O)C3=C(CCC(=C=O)C3)N=C2C)c1. The van der Waals surface area contributed by atoms with Crippen LogP contribution in [0.3, 0.4) is 0 Å². The molecule has 2 aliphatic rings. The maximum atomic E-state index is 12.2. The lowest BCUT2D eigenvalue weighted by Crippen LogP contribution is -2.36. The van der Waals surface area contributed by atoms with E-state index >= 15 is 0 Å². The van der Waals surface area contributed by atoms with Crippen LogP contribution in [0.4, 0.5) is 0 Å². The molecule has 0 amide bonds. The third kappa shape index (κ3) is 5.34. The molecule has 36 heavy (non-hydrogen) atoms. The summed E-state index contributed by atoms with van der Waals surface area (Å²) in [6.45, 7) is 4.47. The summed E-state index contributed by atoms with van der Waals surface area (Å²) in [6, 6.07) is 12.3. The Morgan fingerprint density at radius 1 is 1.14 bits per heavy atom. The smallest absolute Gasteiger partial charge is 0.338 e. The van der Waals surface area contributed by atoms with E-state index in [2.05, 4.69) is 4.99 Å². The minimum atomic E-state index is -0.402. The highest BCUT2D eigenvalue weighted by Gasteiger charge is 2.29. The van der Waals surface area contributed by atoms with Crippen LogP contribution < -0.4 is 4.74 Å². The molecule has 2 aromatic carbocycles. The highest BCUT2D eigenvalue weighted by Crippen LogP contribution is 2.37. The number of amidine groups is 1. The number of rotatable bonds is 7. The van der Waals surface area contributed by atoms with E-state index in [0.717, 1.165) is 22.4 Å². The average molecular weight is 505 g/mol. The second-order valence-corrected chi connectivity index (χ2v) is 8.80. The Kier molecular flexibility index (Phi) is 7.87. The number of hydrogen-bond donors (Lipinski definition) is 0. The summed E-state index contributed by atoms with van der Waals surface area (Å²) in [5.41, 5.74) is 4.47. The molecule has 0 atom stereocenters. The molecule has 0 saturated carbocycles. The first-order valence-corrected chi connectivity index (χ1v) is 12.1. The third-order valence-electron chi connectivity index (χ3n) is 6.09. The lowest BCUT2D eigenvalue weighted by atomic mass is 9.89. The maximum Gasteiger partial charge on any atom is 0.338 e. The second kappa shape index (κ2) is 11.2. The highest BCUT2D eigenvalue weighted by molar-refractivity contribution is 6.31. The molecule has 0 N–H and O–H groups in total. The van der Waals surface area contributed by atoms with Crippen molar-refractivity contribution in [3.63, 3.8) is 0 Å². The van der Waals surface area contributed by atoms with Crippen molar-refractivity contribution in [3.05, 3.63) is 75.6 Å². The van der Waals surface area contributed by atoms with Crippen LogP contribution in [0.25, 0.3) is 11.1 Å². The van der Waals surface area contributed by atoms with E-state index in [0.29, 0.717) is 59.2 Å². The van der Waals surface area contributed by atoms with Gasteiger partial charge in [-0.1, -0.05) is 23.7 Å². The standard InChI is InChI=1S/C28H25ClN2O5/c1-3-35-28(34)21-6-4-5-20(14-21)23-15-22(29)8-10-27(23)36-12-11-31-18(2)30-25-9-7-19(16-32)13-24(25)26(31)17-33/h4-6,8,10,14-15H,3,7,9,11-13H2,1-2H3. The van der Waals surface area contributed by atoms with Gasteiger partial charge in [0, 0.05) is 33.9 Å². The van der Waals surface area contributed by atoms with Crippen molar-refractivity contribution < 1.29 is 23.9 Å². The molecule has 8 heteroatoms. The van der Waals surface area contributed by atoms with E-state index in [1.807, 2.05) is 24.9 Å². The largest absolute Gasteiger partial charge is 0.491 e. The normalized spacial score (nSPS) is 15.1. The molecule has 7 nitrogen and oxygen atoms in total. The molecule has 0 bridgehead atoms. The van der Waals surface area contributed by atoms with E-state index < -0.39 is 5.97 Å². The van der Waals surface area contributed by atoms with Crippen LogP contribution >= 0.6 is 11.6 Å². The van der Waals surface area contributed by atoms with Crippen molar-refractivity contribution in [2.24, 2.45) is 4.99 Å². The van der Waals surface area contributed by atoms with Gasteiger partial charge < -0.3 is 14.4 Å². The van der Waals surface area contributed by atoms with Crippen molar-refractivity contribution >= 4 is 35.3 Å². The fourth-order valence-corrected chi connectivity index (χ4v) is 4.53. The molecule has 0 fully saturated rings. The molecule has 2 aromatic rings. The number of carbonyl (C=O) groups excluding carboxylic acids is 3. The fourth-order valence-electron chi connectivity index (χ4n) is 4.35. The number of carbonyl (C=O) groups is 1. The van der Waals surface area contributed by atoms with Gasteiger partial charge in [-0.2, -0.15) is 0 Å². The first-order chi connectivity index (χ1) is 17.4. The number of halogens is 1. The van der Waals surface area contributed by atoms with Crippen LogP contribution in [0.1, 0.15) is 43.5 Å². The van der Waals surface area contributed by atoms with E-state index in [9.17, 15) is 14.4 Å². The summed E-state index contributed by atoms with van der Waals surface area (Å²) in [7, 11) is 0. The minimum absolute atomic E-state index is 0.239. The topological polar surface area (TPSA) is 85.3 Å². The third-order valence-corrected chi connectivity index (χ3v) is 6.32. The molecule has 1 aliphatic carbocycles. The molecule has 0 unspecified atom stereocenters. The van der Waals surface area contributed by atoms with Gasteiger partial charge in [-0.3, -0.25) is 0 Å². The number of aliphatic imine (C=N–C) groups is 1. The number of allylic oxidation sites excluding steroid dienone is 3. The van der Waals surface area contributed by atoms with Crippen molar-refractivity contribution in [2.75, 3.05) is 19.8 Å². The van der Waals surface area contributed by atoms with Crippen LogP contribution in [0.15, 0.2) is 70.0 Å². The van der Waals surface area contributed by atoms with Crippen LogP contribution in [-0.4, -0.2) is 48.3 Å². The fraction of sp³-hybridized carbons (Fsp3) is 0.286. The molecule has 0 saturated heterocycles. The summed E-state index contributed by atoms with van der Waals surface area (Å²) in [4.78, 5) is 41.7. The van der Waals surface area contributed by atoms with Crippen LogP contribution in [-0.2, 0) is 14.3 Å². The zero-order chi connectivity index (χ0) is 25.7. The summed E-state index contributed by atoms with van der Waals surface area (Å²) >= 11 is 6.27. The van der Waals surface area contributed by atoms with Gasteiger partial charge in [0.1, 0.15) is 29.8 Å². The summed E-state index contributed by atoms with van der Waals surface area (Å²) in [5.74, 6) is 4.87. The van der Waals surface area contributed by atoms with E-state index in [4.69, 9.17) is 21.1 Å². The molecule has 0 spiro atoms. The van der Waals surface area contributed by atoms with E-state index in [1.165, 1.54) is 0 Å². The Morgan fingerprint density at radius 2 is 1.97 bits per heavy atom. The summed E-state index contributed by atoms with van der Waals surface area (Å²) in [6.07, 6.45) is 1.56. The van der Waals surface area contributed by atoms with Crippen molar-refractivity contribution in [2.45, 2.75) is 33.1 Å². The number of ether oxygens (including phenoxy) is 2. The van der Waals surface area contributed by atoms with Gasteiger partial charge in [-0.25, -0.2) is 19.4 Å². The van der Waals surface area contributed by atoms with Crippen LogP contribution in [0.2, 0.25) is 5.02 Å². The highest BCUT2D eigenvalue weighted by atomic mass is 35.5. The second-order valence-electron chi connectivity index (χ2n) is 8.36. The van der Waals surface area contributed by atoms with E-state index in [-0.39, 0.29) is 13.2 Å². The average Bonchev–Trinajstić information content (AvgIpc) is 2.89. The first kappa shape index (κ1) is 25.2. The minimum Gasteiger partial charge on any atom is -0.491 e. The number of benzene rings is 2. The van der Waals surface area contributed by atoms with Gasteiger partial charge in [-0.05, 0) is 62.6 Å². The maximum absolute atomic E-state index is 12.2.